The summed E-state index contributed by atoms with van der Waals surface area (Å²) in [6.07, 6.45) is 9.25. The molecule has 0 aromatic carbocycles. The lowest BCUT2D eigenvalue weighted by Crippen LogP contribution is -2.32. The van der Waals surface area contributed by atoms with Crippen LogP contribution >= 0.6 is 0 Å². The minimum Gasteiger partial charge on any atom is -0.310 e. The molecule has 0 amide bonds. The Balaban J connectivity index is 2.13. The van der Waals surface area contributed by atoms with Crippen LogP contribution in [0.1, 0.15) is 46.0 Å². The lowest BCUT2D eigenvalue weighted by Gasteiger charge is -2.22. The number of hydrogen-bond donors (Lipinski definition) is 1. The Bertz CT molecular complexity index is 143. The van der Waals surface area contributed by atoms with E-state index in [0.717, 1.165) is 12.6 Å². The fourth-order valence-corrected chi connectivity index (χ4v) is 1.71. The molecule has 1 saturated carbocycles. The molecule has 0 heterocycles. The van der Waals surface area contributed by atoms with E-state index in [1.165, 1.54) is 37.7 Å². The van der Waals surface area contributed by atoms with E-state index in [1.807, 2.05) is 0 Å². The number of allylic oxidation sites excluding steroid dienone is 1. The van der Waals surface area contributed by atoms with Crippen molar-refractivity contribution < 1.29 is 0 Å². The molecule has 12 heavy (non-hydrogen) atoms. The first-order chi connectivity index (χ1) is 5.83. The normalized spacial score (nSPS) is 21.3. The second-order valence-corrected chi connectivity index (χ2v) is 3.85. The summed E-state index contributed by atoms with van der Waals surface area (Å²) >= 11 is 0. The van der Waals surface area contributed by atoms with Crippen molar-refractivity contribution in [3.05, 3.63) is 11.6 Å². The average Bonchev–Trinajstić information content (AvgIpc) is 2.16. The van der Waals surface area contributed by atoms with Gasteiger partial charge >= 0.3 is 0 Å². The van der Waals surface area contributed by atoms with Gasteiger partial charge in [-0.1, -0.05) is 30.9 Å². The molecule has 0 aromatic rings. The van der Waals surface area contributed by atoms with Crippen LogP contribution in [-0.4, -0.2) is 12.6 Å². The molecule has 1 heteroatoms. The highest BCUT2D eigenvalue weighted by molar-refractivity contribution is 4.98. The van der Waals surface area contributed by atoms with E-state index in [4.69, 9.17) is 0 Å². The topological polar surface area (TPSA) is 12.0 Å². The third-order valence-electron chi connectivity index (χ3n) is 2.77. The minimum atomic E-state index is 0.800. The Hall–Kier alpha value is -0.300. The van der Waals surface area contributed by atoms with Gasteiger partial charge in [-0.25, -0.2) is 0 Å². The van der Waals surface area contributed by atoms with E-state index in [-0.39, 0.29) is 0 Å². The highest BCUT2D eigenvalue weighted by Gasteiger charge is 2.11. The van der Waals surface area contributed by atoms with Crippen molar-refractivity contribution in [3.63, 3.8) is 0 Å². The van der Waals surface area contributed by atoms with Crippen LogP contribution in [-0.2, 0) is 0 Å². The van der Waals surface area contributed by atoms with Crippen LogP contribution in [0.3, 0.4) is 0 Å². The molecule has 0 atom stereocenters. The summed E-state index contributed by atoms with van der Waals surface area (Å²) in [5, 5.41) is 3.60. The molecule has 1 fully saturated rings. The van der Waals surface area contributed by atoms with Gasteiger partial charge in [0.05, 0.1) is 0 Å². The molecule has 1 aliphatic carbocycles. The van der Waals surface area contributed by atoms with Gasteiger partial charge in [0.15, 0.2) is 0 Å². The van der Waals surface area contributed by atoms with Gasteiger partial charge in [0.25, 0.3) is 0 Å². The Labute approximate surface area is 76.2 Å². The minimum absolute atomic E-state index is 0.800. The van der Waals surface area contributed by atoms with Crippen LogP contribution in [0.2, 0.25) is 0 Å². The third kappa shape index (κ3) is 3.40. The maximum absolute atomic E-state index is 3.60. The molecule has 1 aliphatic rings. The molecule has 0 aromatic heterocycles. The van der Waals surface area contributed by atoms with Crippen LogP contribution in [0.4, 0.5) is 0 Å². The molecular formula is C11H21N. The SMILES string of the molecule is CC=C(C)CNC1CCCCC1. The second-order valence-electron chi connectivity index (χ2n) is 3.85. The number of rotatable bonds is 3. The fraction of sp³-hybridized carbons (Fsp3) is 0.818. The van der Waals surface area contributed by atoms with Crippen LogP contribution in [0.5, 0.6) is 0 Å². The Kier molecular flexibility index (Phi) is 4.37. The van der Waals surface area contributed by atoms with Gasteiger partial charge < -0.3 is 5.32 Å². The summed E-state index contributed by atoms with van der Waals surface area (Å²) < 4.78 is 0. The van der Waals surface area contributed by atoms with Crippen molar-refractivity contribution >= 4 is 0 Å². The quantitative estimate of drug-likeness (QED) is 0.637. The van der Waals surface area contributed by atoms with Crippen LogP contribution in [0.15, 0.2) is 11.6 Å². The predicted octanol–water partition coefficient (Wildman–Crippen LogP) is 2.87. The van der Waals surface area contributed by atoms with Gasteiger partial charge in [-0.3, -0.25) is 0 Å². The number of hydrogen-bond acceptors (Lipinski definition) is 1. The van der Waals surface area contributed by atoms with E-state index in [0.29, 0.717) is 0 Å². The maximum Gasteiger partial charge on any atom is 0.0164 e. The van der Waals surface area contributed by atoms with Crippen molar-refractivity contribution in [1.29, 1.82) is 0 Å². The molecular weight excluding hydrogens is 146 g/mol. The largest absolute Gasteiger partial charge is 0.310 e. The average molecular weight is 167 g/mol. The van der Waals surface area contributed by atoms with Gasteiger partial charge in [-0.15, -0.1) is 0 Å². The maximum atomic E-state index is 3.60. The van der Waals surface area contributed by atoms with E-state index >= 15 is 0 Å². The Morgan fingerprint density at radius 3 is 2.58 bits per heavy atom. The number of nitrogens with one attached hydrogen (secondary N) is 1. The summed E-state index contributed by atoms with van der Waals surface area (Å²) in [6.45, 7) is 5.38. The monoisotopic (exact) mass is 167 g/mol. The summed E-state index contributed by atoms with van der Waals surface area (Å²) in [5.41, 5.74) is 1.46. The van der Waals surface area contributed by atoms with Gasteiger partial charge in [0, 0.05) is 12.6 Å². The van der Waals surface area contributed by atoms with Gasteiger partial charge in [-0.05, 0) is 26.7 Å². The standard InChI is InChI=1S/C11H21N/c1-3-10(2)9-12-11-7-5-4-6-8-11/h3,11-12H,4-9H2,1-2H3. The van der Waals surface area contributed by atoms with Gasteiger partial charge in [-0.2, -0.15) is 0 Å². The summed E-state index contributed by atoms with van der Waals surface area (Å²) in [4.78, 5) is 0. The van der Waals surface area contributed by atoms with E-state index in [1.54, 1.807) is 0 Å². The molecule has 0 bridgehead atoms. The molecule has 1 nitrogen and oxygen atoms in total. The van der Waals surface area contributed by atoms with E-state index < -0.39 is 0 Å². The van der Waals surface area contributed by atoms with Crippen LogP contribution in [0.25, 0.3) is 0 Å². The second kappa shape index (κ2) is 5.36. The van der Waals surface area contributed by atoms with Crippen LogP contribution < -0.4 is 5.32 Å². The van der Waals surface area contributed by atoms with E-state index in [9.17, 15) is 0 Å². The zero-order chi connectivity index (χ0) is 8.81. The highest BCUT2D eigenvalue weighted by Crippen LogP contribution is 2.17. The summed E-state index contributed by atoms with van der Waals surface area (Å²) in [7, 11) is 0. The first-order valence-electron chi connectivity index (χ1n) is 5.18. The Morgan fingerprint density at radius 2 is 2.00 bits per heavy atom. The molecule has 0 unspecified atom stereocenters. The third-order valence-corrected chi connectivity index (χ3v) is 2.77. The van der Waals surface area contributed by atoms with Crippen molar-refractivity contribution in [2.45, 2.75) is 52.0 Å². The fourth-order valence-electron chi connectivity index (χ4n) is 1.71. The van der Waals surface area contributed by atoms with E-state index in [2.05, 4.69) is 25.2 Å². The molecule has 1 N–H and O–H groups in total. The molecule has 1 rings (SSSR count). The molecule has 0 spiro atoms. The highest BCUT2D eigenvalue weighted by atomic mass is 14.9. The lowest BCUT2D eigenvalue weighted by atomic mass is 9.95. The Morgan fingerprint density at radius 1 is 1.33 bits per heavy atom. The first-order valence-corrected chi connectivity index (χ1v) is 5.18. The molecule has 70 valence electrons. The predicted molar refractivity (Wildman–Crippen MR) is 54.3 cm³/mol. The van der Waals surface area contributed by atoms with Crippen molar-refractivity contribution in [2.75, 3.05) is 6.54 Å². The molecule has 0 aliphatic heterocycles. The lowest BCUT2D eigenvalue weighted by molar-refractivity contribution is 0.382. The van der Waals surface area contributed by atoms with Crippen molar-refractivity contribution in [3.8, 4) is 0 Å². The van der Waals surface area contributed by atoms with Gasteiger partial charge in [0.2, 0.25) is 0 Å². The summed E-state index contributed by atoms with van der Waals surface area (Å²) in [5.74, 6) is 0. The zero-order valence-corrected chi connectivity index (χ0v) is 8.40. The van der Waals surface area contributed by atoms with Crippen molar-refractivity contribution in [2.24, 2.45) is 0 Å². The van der Waals surface area contributed by atoms with Crippen molar-refractivity contribution in [1.82, 2.24) is 5.32 Å². The van der Waals surface area contributed by atoms with Crippen LogP contribution in [0, 0.1) is 0 Å². The molecule has 0 radical (unpaired) electrons. The first kappa shape index (κ1) is 9.79. The summed E-state index contributed by atoms with van der Waals surface area (Å²) in [6, 6.07) is 0.800. The smallest absolute Gasteiger partial charge is 0.0164 e. The van der Waals surface area contributed by atoms with Gasteiger partial charge in [0.1, 0.15) is 0 Å². The zero-order valence-electron chi connectivity index (χ0n) is 8.40. The molecule has 0 saturated heterocycles.